The zero-order valence-corrected chi connectivity index (χ0v) is 36.8. The molecule has 1 aromatic rings. The molecule has 1 amide bonds. The zero-order chi connectivity index (χ0) is 42.3. The molecule has 0 bridgehead atoms. The van der Waals surface area contributed by atoms with Gasteiger partial charge < -0.3 is 25.6 Å². The summed E-state index contributed by atoms with van der Waals surface area (Å²) >= 11 is 6.13. The predicted octanol–water partition coefficient (Wildman–Crippen LogP) is 8.34. The second-order valence-electron chi connectivity index (χ2n) is 20.9. The number of amides is 1. The van der Waals surface area contributed by atoms with Gasteiger partial charge in [-0.25, -0.2) is 0 Å². The molecule has 5 aliphatic rings. The standard InChI is InChI=1S/C46H68ClN3O7/c1-26(2)38-31(51)21-46(34(52)25-50(36(53)23-48)27(3)30-13-11-28(47)24-49-30)20-19-44(9)29(39(38)46)12-14-33-43(8)17-16-35(57-37(54)22-41(4,5)40(55)56)42(6,7)32(43)15-18-45(33,44)10/h11,13,24,26-27,29,32-35,52H,12,14-23,25,48H2,1-10H3,(H,55,56)/t27-,29+,32-,33+,34-,35-,43-,44+,45+,46-/m0/s1. The smallest absolute Gasteiger partial charge is 0.309 e. The fourth-order valence-electron chi connectivity index (χ4n) is 13.7. The third kappa shape index (κ3) is 6.89. The number of ketones is 1. The number of hydrogen-bond acceptors (Lipinski definition) is 8. The van der Waals surface area contributed by atoms with Crippen LogP contribution in [0.2, 0.25) is 5.02 Å². The van der Waals surface area contributed by atoms with Crippen LogP contribution in [0.5, 0.6) is 0 Å². The summed E-state index contributed by atoms with van der Waals surface area (Å²) in [6, 6.07) is 3.07. The summed E-state index contributed by atoms with van der Waals surface area (Å²) in [5, 5.41) is 22.7. The number of aromatic nitrogens is 1. The monoisotopic (exact) mass is 809 g/mol. The molecule has 4 fully saturated rings. The maximum Gasteiger partial charge on any atom is 0.309 e. The van der Waals surface area contributed by atoms with E-state index >= 15 is 0 Å². The summed E-state index contributed by atoms with van der Waals surface area (Å²) in [6.45, 7) is 21.0. The number of aliphatic hydroxyl groups excluding tert-OH is 1. The van der Waals surface area contributed by atoms with E-state index in [4.69, 9.17) is 22.1 Å². The Hall–Kier alpha value is -2.82. The van der Waals surface area contributed by atoms with Gasteiger partial charge in [-0.1, -0.05) is 65.6 Å². The fourth-order valence-corrected chi connectivity index (χ4v) is 13.8. The number of esters is 1. The average molecular weight is 811 g/mol. The highest BCUT2D eigenvalue weighted by Crippen LogP contribution is 2.77. The number of carbonyl (C=O) groups is 4. The van der Waals surface area contributed by atoms with Gasteiger partial charge in [0.05, 0.1) is 41.2 Å². The first kappa shape index (κ1) is 43.8. The van der Waals surface area contributed by atoms with Crippen molar-refractivity contribution in [1.82, 2.24) is 9.88 Å². The minimum absolute atomic E-state index is 0.00142. The zero-order valence-electron chi connectivity index (χ0n) is 36.0. The van der Waals surface area contributed by atoms with Crippen LogP contribution in [0.3, 0.4) is 0 Å². The molecule has 11 heteroatoms. The van der Waals surface area contributed by atoms with E-state index in [1.807, 2.05) is 6.92 Å². The van der Waals surface area contributed by atoms with Gasteiger partial charge in [-0.05, 0) is 130 Å². The van der Waals surface area contributed by atoms with Gasteiger partial charge >= 0.3 is 11.9 Å². The third-order valence-corrected chi connectivity index (χ3v) is 17.2. The van der Waals surface area contributed by atoms with Crippen LogP contribution >= 0.6 is 11.6 Å². The number of hydrogen-bond donors (Lipinski definition) is 3. The highest BCUT2D eigenvalue weighted by Gasteiger charge is 2.71. The lowest BCUT2D eigenvalue weighted by molar-refractivity contribution is -0.235. The minimum Gasteiger partial charge on any atom is -0.481 e. The normalized spacial score (nSPS) is 35.7. The minimum atomic E-state index is -1.19. The Balaban J connectivity index is 1.31. The first-order valence-electron chi connectivity index (χ1n) is 21.4. The Bertz CT molecular complexity index is 1810. The number of fused-ring (bicyclic) bond motifs is 7. The van der Waals surface area contributed by atoms with E-state index in [1.54, 1.807) is 37.1 Å². The average Bonchev–Trinajstić information content (AvgIpc) is 3.44. The van der Waals surface area contributed by atoms with Crippen LogP contribution in [0.1, 0.15) is 145 Å². The molecule has 10 atom stereocenters. The van der Waals surface area contributed by atoms with Crippen LogP contribution in [0, 0.1) is 56.2 Å². The molecule has 1 heterocycles. The second-order valence-corrected chi connectivity index (χ2v) is 21.3. The number of carbonyl (C=O) groups excluding carboxylic acids is 3. The predicted molar refractivity (Wildman–Crippen MR) is 220 cm³/mol. The van der Waals surface area contributed by atoms with Crippen LogP contribution < -0.4 is 5.73 Å². The molecule has 5 aliphatic carbocycles. The van der Waals surface area contributed by atoms with E-state index in [2.05, 4.69) is 53.5 Å². The Kier molecular flexibility index (Phi) is 11.5. The Morgan fingerprint density at radius 2 is 1.67 bits per heavy atom. The summed E-state index contributed by atoms with van der Waals surface area (Å²) in [7, 11) is 0. The number of rotatable bonds is 11. The van der Waals surface area contributed by atoms with Crippen LogP contribution in [-0.4, -0.2) is 69.0 Å². The number of pyridine rings is 1. The van der Waals surface area contributed by atoms with E-state index in [9.17, 15) is 29.4 Å². The van der Waals surface area contributed by atoms with E-state index in [0.717, 1.165) is 56.1 Å². The molecule has 6 rings (SSSR count). The number of nitrogens with two attached hydrogens (primary N) is 1. The van der Waals surface area contributed by atoms with Gasteiger partial charge in [-0.15, -0.1) is 0 Å². The Morgan fingerprint density at radius 1 is 0.982 bits per heavy atom. The first-order chi connectivity index (χ1) is 26.4. The van der Waals surface area contributed by atoms with Gasteiger partial charge in [0, 0.05) is 30.0 Å². The summed E-state index contributed by atoms with van der Waals surface area (Å²) in [5.41, 5.74) is 6.20. The number of allylic oxidation sites excluding steroid dienone is 1. The molecule has 0 aliphatic heterocycles. The van der Waals surface area contributed by atoms with E-state index in [-0.39, 0.29) is 77.2 Å². The fraction of sp³-hybridized carbons (Fsp3) is 0.761. The van der Waals surface area contributed by atoms with Crippen molar-refractivity contribution in [3.05, 3.63) is 40.2 Å². The van der Waals surface area contributed by atoms with Crippen molar-refractivity contribution in [3.63, 3.8) is 0 Å². The molecule has 0 saturated heterocycles. The van der Waals surface area contributed by atoms with Crippen LogP contribution in [0.25, 0.3) is 0 Å². The Morgan fingerprint density at radius 3 is 2.26 bits per heavy atom. The highest BCUT2D eigenvalue weighted by molar-refractivity contribution is 6.30. The number of Topliss-reactive ketones (excluding diaryl/α,β-unsaturated/α-hetero) is 1. The summed E-state index contributed by atoms with van der Waals surface area (Å²) < 4.78 is 6.17. The number of aliphatic hydroxyl groups is 1. The molecule has 57 heavy (non-hydrogen) atoms. The largest absolute Gasteiger partial charge is 0.481 e. The van der Waals surface area contributed by atoms with Crippen molar-refractivity contribution >= 4 is 35.2 Å². The summed E-state index contributed by atoms with van der Waals surface area (Å²) in [5.74, 6) is -0.783. The number of nitrogens with zero attached hydrogens (tertiary/aromatic N) is 2. The molecule has 0 aromatic carbocycles. The van der Waals surface area contributed by atoms with E-state index < -0.39 is 34.9 Å². The lowest BCUT2D eigenvalue weighted by Gasteiger charge is -2.72. The van der Waals surface area contributed by atoms with Crippen molar-refractivity contribution in [1.29, 1.82) is 0 Å². The molecule has 0 spiro atoms. The lowest BCUT2D eigenvalue weighted by Crippen LogP contribution is -2.66. The van der Waals surface area contributed by atoms with Crippen molar-refractivity contribution in [2.75, 3.05) is 13.1 Å². The van der Waals surface area contributed by atoms with Gasteiger partial charge in [0.25, 0.3) is 0 Å². The van der Waals surface area contributed by atoms with Crippen molar-refractivity contribution in [3.8, 4) is 0 Å². The van der Waals surface area contributed by atoms with Crippen LogP contribution in [0.15, 0.2) is 29.5 Å². The van der Waals surface area contributed by atoms with Crippen molar-refractivity contribution in [2.45, 2.75) is 152 Å². The quantitative estimate of drug-likeness (QED) is 0.187. The van der Waals surface area contributed by atoms with Crippen LogP contribution in [-0.2, 0) is 23.9 Å². The second kappa shape index (κ2) is 15.0. The maximum atomic E-state index is 14.3. The van der Waals surface area contributed by atoms with E-state index in [1.165, 1.54) is 0 Å². The number of carboxylic acid groups (broad SMARTS) is 1. The molecule has 316 valence electrons. The molecule has 4 saturated carbocycles. The van der Waals surface area contributed by atoms with E-state index in [0.29, 0.717) is 29.0 Å². The van der Waals surface area contributed by atoms with Gasteiger partial charge in [-0.2, -0.15) is 0 Å². The summed E-state index contributed by atoms with van der Waals surface area (Å²) in [4.78, 5) is 58.8. The van der Waals surface area contributed by atoms with Gasteiger partial charge in [0.1, 0.15) is 6.10 Å². The third-order valence-electron chi connectivity index (χ3n) is 17.0. The first-order valence-corrected chi connectivity index (χ1v) is 21.8. The topological polar surface area (TPSA) is 160 Å². The Labute approximate surface area is 345 Å². The molecular formula is C46H68ClN3O7. The van der Waals surface area contributed by atoms with Crippen molar-refractivity contribution < 1.29 is 34.1 Å². The molecule has 10 nitrogen and oxygen atoms in total. The molecule has 1 aromatic heterocycles. The SMILES string of the molecule is CC(C)C1=C2[C@H]3CC[C@@H]4[C@@]5(C)CC[C@H](OC(=O)CC(C)(C)C(=O)O)C(C)(C)[C@@H]5CC[C@@]4(C)[C@]3(C)CC[C@@]2([C@@H](O)CN(C(=O)CN)[C@@H](C)c2ccc(Cl)cn2)CC1=O. The summed E-state index contributed by atoms with van der Waals surface area (Å²) in [6.07, 6.45) is 7.51. The lowest BCUT2D eigenvalue weighted by atomic mass is 9.33. The number of carboxylic acids is 1. The van der Waals surface area contributed by atoms with Crippen molar-refractivity contribution in [2.24, 2.45) is 61.9 Å². The van der Waals surface area contributed by atoms with Crippen LogP contribution in [0.4, 0.5) is 0 Å². The number of aliphatic carboxylic acids is 1. The molecule has 0 unspecified atom stereocenters. The highest BCUT2D eigenvalue weighted by atomic mass is 35.5. The molecule has 4 N–H and O–H groups in total. The maximum absolute atomic E-state index is 14.3. The van der Waals surface area contributed by atoms with Gasteiger partial charge in [-0.3, -0.25) is 24.2 Å². The van der Waals surface area contributed by atoms with Gasteiger partial charge in [0.15, 0.2) is 5.78 Å². The number of ether oxygens (including phenoxy) is 1. The number of halogens is 1. The molecule has 0 radical (unpaired) electrons. The van der Waals surface area contributed by atoms with Gasteiger partial charge in [0.2, 0.25) is 5.91 Å². The molecular weight excluding hydrogens is 742 g/mol.